The number of carbonyl (C=O) groups excluding carboxylic acids is 1. The molecule has 0 aromatic carbocycles. The van der Waals surface area contributed by atoms with Gasteiger partial charge in [0, 0.05) is 19.1 Å². The van der Waals surface area contributed by atoms with Crippen LogP contribution in [0.3, 0.4) is 0 Å². The molecule has 0 saturated carbocycles. The molecule has 0 bridgehead atoms. The Balaban J connectivity index is 4.76. The molecule has 0 saturated heterocycles. The molecule has 0 aromatic rings. The van der Waals surface area contributed by atoms with Crippen LogP contribution >= 0.6 is 0 Å². The largest absolute Gasteiger partial charge is 0.415 e. The minimum atomic E-state index is -4.79. The van der Waals surface area contributed by atoms with Gasteiger partial charge in [0.25, 0.3) is 0 Å². The Bertz CT molecular complexity index is 436. The molecule has 0 aliphatic heterocycles. The van der Waals surface area contributed by atoms with Gasteiger partial charge in [-0.3, -0.25) is 4.79 Å². The quantitative estimate of drug-likeness (QED) is 0.659. The third-order valence-electron chi connectivity index (χ3n) is 3.22. The lowest BCUT2D eigenvalue weighted by Crippen LogP contribution is -2.53. The lowest BCUT2D eigenvalue weighted by Gasteiger charge is -2.30. The normalized spacial score (nSPS) is 14.0. The second-order valence-corrected chi connectivity index (χ2v) is 5.33. The van der Waals surface area contributed by atoms with Crippen molar-refractivity contribution in [3.8, 4) is 12.1 Å². The molecule has 2 N–H and O–H groups in total. The van der Waals surface area contributed by atoms with Gasteiger partial charge in [0.15, 0.2) is 6.10 Å². The molecule has 23 heavy (non-hydrogen) atoms. The third kappa shape index (κ3) is 7.82. The molecule has 0 aromatic heterocycles. The molecule has 0 spiro atoms. The fourth-order valence-corrected chi connectivity index (χ4v) is 1.96. The fourth-order valence-electron chi connectivity index (χ4n) is 1.96. The molecule has 6 nitrogen and oxygen atoms in total. The number of nitrogens with zero attached hydrogens (tertiary/aromatic N) is 3. The van der Waals surface area contributed by atoms with Crippen LogP contribution < -0.4 is 5.32 Å². The van der Waals surface area contributed by atoms with Crippen molar-refractivity contribution < 1.29 is 23.1 Å². The smallest absolute Gasteiger partial charge is 0.382 e. The fraction of sp³-hybridized carbons (Fsp3) is 0.786. The van der Waals surface area contributed by atoms with E-state index >= 15 is 0 Å². The Morgan fingerprint density at radius 1 is 1.22 bits per heavy atom. The number of nitriles is 2. The highest BCUT2D eigenvalue weighted by atomic mass is 19.4. The number of alkyl halides is 3. The minimum absolute atomic E-state index is 0.0654. The number of nitrogens with one attached hydrogen (secondary N) is 1. The van der Waals surface area contributed by atoms with Crippen molar-refractivity contribution in [1.29, 1.82) is 10.5 Å². The Morgan fingerprint density at radius 3 is 2.04 bits per heavy atom. The summed E-state index contributed by atoms with van der Waals surface area (Å²) in [6.45, 7) is 2.80. The molecule has 1 amide bonds. The number of rotatable bonds is 9. The molecule has 0 aliphatic rings. The maximum atomic E-state index is 12.6. The Hall–Kier alpha value is -1.84. The van der Waals surface area contributed by atoms with Gasteiger partial charge < -0.3 is 15.3 Å². The van der Waals surface area contributed by atoms with Crippen molar-refractivity contribution in [3.63, 3.8) is 0 Å². The van der Waals surface area contributed by atoms with Crippen LogP contribution in [0.4, 0.5) is 13.2 Å². The first kappa shape index (κ1) is 21.2. The summed E-state index contributed by atoms with van der Waals surface area (Å²) in [7, 11) is 0. The van der Waals surface area contributed by atoms with Crippen LogP contribution in [-0.2, 0) is 4.79 Å². The van der Waals surface area contributed by atoms with Crippen LogP contribution in [-0.4, -0.2) is 53.9 Å². The SMILES string of the molecule is CC(C)[C@H](NCC(=O)N(CCC#N)CCC#N)[C@H](O)C(F)(F)F. The molecule has 0 unspecified atom stereocenters. The van der Waals surface area contributed by atoms with Crippen molar-refractivity contribution in [2.75, 3.05) is 19.6 Å². The average Bonchev–Trinajstić information content (AvgIpc) is 2.45. The number of aliphatic hydroxyl groups is 1. The van der Waals surface area contributed by atoms with Crippen molar-refractivity contribution in [2.45, 2.75) is 45.0 Å². The first-order valence-corrected chi connectivity index (χ1v) is 7.15. The lowest BCUT2D eigenvalue weighted by atomic mass is 9.98. The predicted octanol–water partition coefficient (Wildman–Crippen LogP) is 1.18. The van der Waals surface area contributed by atoms with Crippen LogP contribution in [0.25, 0.3) is 0 Å². The van der Waals surface area contributed by atoms with E-state index in [1.165, 1.54) is 18.7 Å². The molecular formula is C14H21F3N4O2. The van der Waals surface area contributed by atoms with Crippen molar-refractivity contribution >= 4 is 5.91 Å². The molecule has 2 atom stereocenters. The van der Waals surface area contributed by atoms with Crippen LogP contribution in [0, 0.1) is 28.6 Å². The minimum Gasteiger partial charge on any atom is -0.382 e. The molecule has 9 heteroatoms. The summed E-state index contributed by atoms with van der Waals surface area (Å²) >= 11 is 0. The Morgan fingerprint density at radius 2 is 1.70 bits per heavy atom. The van der Waals surface area contributed by atoms with E-state index in [0.29, 0.717) is 0 Å². The molecule has 0 fully saturated rings. The van der Waals surface area contributed by atoms with Crippen molar-refractivity contribution in [1.82, 2.24) is 10.2 Å². The number of amides is 1. The molecule has 130 valence electrons. The van der Waals surface area contributed by atoms with E-state index in [0.717, 1.165) is 0 Å². The topological polar surface area (TPSA) is 100 Å². The molecule has 0 aliphatic carbocycles. The second-order valence-electron chi connectivity index (χ2n) is 5.33. The highest BCUT2D eigenvalue weighted by Gasteiger charge is 2.44. The summed E-state index contributed by atoms with van der Waals surface area (Å²) in [5.74, 6) is -1.07. The Kier molecular flexibility index (Phi) is 9.23. The summed E-state index contributed by atoms with van der Waals surface area (Å²) in [5, 5.41) is 28.9. The van der Waals surface area contributed by atoms with Gasteiger partial charge in [-0.25, -0.2) is 0 Å². The van der Waals surface area contributed by atoms with E-state index in [1.54, 1.807) is 0 Å². The zero-order chi connectivity index (χ0) is 18.0. The van der Waals surface area contributed by atoms with Crippen LogP contribution in [0.1, 0.15) is 26.7 Å². The van der Waals surface area contributed by atoms with E-state index in [2.05, 4.69) is 5.32 Å². The van der Waals surface area contributed by atoms with Crippen LogP contribution in [0.2, 0.25) is 0 Å². The highest BCUT2D eigenvalue weighted by molar-refractivity contribution is 5.78. The number of hydrogen-bond acceptors (Lipinski definition) is 5. The van der Waals surface area contributed by atoms with Gasteiger partial charge in [0.1, 0.15) is 0 Å². The van der Waals surface area contributed by atoms with Gasteiger partial charge in [0.05, 0.1) is 31.5 Å². The summed E-state index contributed by atoms with van der Waals surface area (Å²) in [6, 6.07) is 2.40. The number of carbonyl (C=O) groups is 1. The van der Waals surface area contributed by atoms with Crippen LogP contribution in [0.15, 0.2) is 0 Å². The van der Waals surface area contributed by atoms with Gasteiger partial charge in [-0.2, -0.15) is 23.7 Å². The van der Waals surface area contributed by atoms with Crippen molar-refractivity contribution in [2.24, 2.45) is 5.92 Å². The van der Waals surface area contributed by atoms with E-state index < -0.39 is 36.7 Å². The summed E-state index contributed by atoms with van der Waals surface area (Å²) in [6.07, 6.45) is -7.24. The number of halogens is 3. The van der Waals surface area contributed by atoms with E-state index in [1.807, 2.05) is 12.1 Å². The molecule has 0 rings (SSSR count). The van der Waals surface area contributed by atoms with Crippen molar-refractivity contribution in [3.05, 3.63) is 0 Å². The van der Waals surface area contributed by atoms with E-state index in [4.69, 9.17) is 10.5 Å². The van der Waals surface area contributed by atoms with Gasteiger partial charge in [-0.1, -0.05) is 13.8 Å². The van der Waals surface area contributed by atoms with Gasteiger partial charge in [0.2, 0.25) is 5.91 Å². The van der Waals surface area contributed by atoms with E-state index in [-0.39, 0.29) is 25.9 Å². The van der Waals surface area contributed by atoms with Crippen LogP contribution in [0.5, 0.6) is 0 Å². The Labute approximate surface area is 133 Å². The average molecular weight is 334 g/mol. The zero-order valence-electron chi connectivity index (χ0n) is 13.1. The van der Waals surface area contributed by atoms with Gasteiger partial charge in [-0.05, 0) is 5.92 Å². The third-order valence-corrected chi connectivity index (χ3v) is 3.22. The summed E-state index contributed by atoms with van der Waals surface area (Å²) < 4.78 is 37.9. The monoisotopic (exact) mass is 334 g/mol. The van der Waals surface area contributed by atoms with Gasteiger partial charge >= 0.3 is 6.18 Å². The first-order valence-electron chi connectivity index (χ1n) is 7.15. The maximum Gasteiger partial charge on any atom is 0.415 e. The summed E-state index contributed by atoms with van der Waals surface area (Å²) in [4.78, 5) is 13.3. The molecule has 0 radical (unpaired) electrons. The number of aliphatic hydroxyl groups excluding tert-OH is 1. The second kappa shape index (κ2) is 10.0. The zero-order valence-corrected chi connectivity index (χ0v) is 13.1. The highest BCUT2D eigenvalue weighted by Crippen LogP contribution is 2.25. The number of hydrogen-bond donors (Lipinski definition) is 2. The van der Waals surface area contributed by atoms with E-state index in [9.17, 15) is 23.1 Å². The van der Waals surface area contributed by atoms with Gasteiger partial charge in [-0.15, -0.1) is 0 Å². The molecular weight excluding hydrogens is 313 g/mol. The standard InChI is InChI=1S/C14H21F3N4O2/c1-10(2)12(13(23)14(15,16)17)20-9-11(22)21(7-3-5-18)8-4-6-19/h10,12-13,20,23H,3-4,7-9H2,1-2H3/t12-,13-/m0/s1. The lowest BCUT2D eigenvalue weighted by molar-refractivity contribution is -0.215. The summed E-state index contributed by atoms with van der Waals surface area (Å²) in [5.41, 5.74) is 0. The first-order chi connectivity index (χ1) is 10.6. The maximum absolute atomic E-state index is 12.6. The molecule has 0 heterocycles. The predicted molar refractivity (Wildman–Crippen MR) is 75.7 cm³/mol.